The summed E-state index contributed by atoms with van der Waals surface area (Å²) < 4.78 is 6.99. The summed E-state index contributed by atoms with van der Waals surface area (Å²) >= 11 is 9.58. The van der Waals surface area contributed by atoms with Crippen LogP contribution in [0.3, 0.4) is 0 Å². The van der Waals surface area contributed by atoms with Crippen LogP contribution in [0.2, 0.25) is 5.02 Å². The van der Waals surface area contributed by atoms with Crippen LogP contribution in [0.5, 0.6) is 5.75 Å². The SMILES string of the molecule is CC(C)C(CNC1CC1)Oc1ccc(Br)cc1Cl. The molecule has 1 aliphatic rings. The fraction of sp³-hybridized carbons (Fsp3) is 0.571. The lowest BCUT2D eigenvalue weighted by atomic mass is 10.1. The first kappa shape index (κ1) is 14.2. The van der Waals surface area contributed by atoms with Crippen LogP contribution < -0.4 is 10.1 Å². The molecule has 2 nitrogen and oxygen atoms in total. The first-order valence-corrected chi connectivity index (χ1v) is 7.58. The maximum absolute atomic E-state index is 6.18. The summed E-state index contributed by atoms with van der Waals surface area (Å²) in [6, 6.07) is 6.43. The van der Waals surface area contributed by atoms with E-state index in [0.717, 1.165) is 16.8 Å². The summed E-state index contributed by atoms with van der Waals surface area (Å²) in [5.74, 6) is 1.21. The monoisotopic (exact) mass is 331 g/mol. The topological polar surface area (TPSA) is 21.3 Å². The molecule has 1 atom stereocenters. The number of halogens is 2. The Morgan fingerprint density at radius 3 is 2.72 bits per heavy atom. The van der Waals surface area contributed by atoms with Gasteiger partial charge in [-0.25, -0.2) is 0 Å². The summed E-state index contributed by atoms with van der Waals surface area (Å²) in [6.07, 6.45) is 2.75. The van der Waals surface area contributed by atoms with E-state index in [1.807, 2.05) is 18.2 Å². The van der Waals surface area contributed by atoms with Crippen LogP contribution in [0.25, 0.3) is 0 Å². The first-order chi connectivity index (χ1) is 8.56. The van der Waals surface area contributed by atoms with Crippen molar-refractivity contribution < 1.29 is 4.74 Å². The lowest BCUT2D eigenvalue weighted by Crippen LogP contribution is -2.36. The van der Waals surface area contributed by atoms with Gasteiger partial charge in [-0.1, -0.05) is 41.4 Å². The molecule has 1 aliphatic carbocycles. The highest BCUT2D eigenvalue weighted by Gasteiger charge is 2.24. The van der Waals surface area contributed by atoms with E-state index in [0.29, 0.717) is 17.0 Å². The van der Waals surface area contributed by atoms with Crippen LogP contribution in [0.1, 0.15) is 26.7 Å². The standard InChI is InChI=1S/C14H19BrClNO/c1-9(2)14(8-17-11-4-5-11)18-13-6-3-10(15)7-12(13)16/h3,6-7,9,11,14,17H,4-5,8H2,1-2H3. The van der Waals surface area contributed by atoms with E-state index in [1.165, 1.54) is 12.8 Å². The third kappa shape index (κ3) is 4.15. The number of benzene rings is 1. The van der Waals surface area contributed by atoms with Gasteiger partial charge in [-0.15, -0.1) is 0 Å². The zero-order valence-electron chi connectivity index (χ0n) is 10.7. The fourth-order valence-corrected chi connectivity index (χ4v) is 2.44. The molecule has 1 aromatic rings. The molecule has 1 N–H and O–H groups in total. The minimum absolute atomic E-state index is 0.157. The summed E-state index contributed by atoms with van der Waals surface area (Å²) in [7, 11) is 0. The molecular weight excluding hydrogens is 314 g/mol. The maximum atomic E-state index is 6.18. The van der Waals surface area contributed by atoms with Crippen LogP contribution in [0, 0.1) is 5.92 Å². The van der Waals surface area contributed by atoms with Crippen molar-refractivity contribution in [3.05, 3.63) is 27.7 Å². The van der Waals surface area contributed by atoms with Gasteiger partial charge >= 0.3 is 0 Å². The van der Waals surface area contributed by atoms with Crippen molar-refractivity contribution >= 4 is 27.5 Å². The highest BCUT2D eigenvalue weighted by molar-refractivity contribution is 9.10. The summed E-state index contributed by atoms with van der Waals surface area (Å²) in [4.78, 5) is 0. The van der Waals surface area contributed by atoms with E-state index in [-0.39, 0.29) is 6.10 Å². The van der Waals surface area contributed by atoms with E-state index < -0.39 is 0 Å². The molecule has 1 saturated carbocycles. The Hall–Kier alpha value is -0.250. The zero-order chi connectivity index (χ0) is 13.1. The van der Waals surface area contributed by atoms with Crippen LogP contribution >= 0.6 is 27.5 Å². The molecule has 0 aliphatic heterocycles. The maximum Gasteiger partial charge on any atom is 0.138 e. The van der Waals surface area contributed by atoms with Crippen molar-refractivity contribution in [2.75, 3.05) is 6.54 Å². The number of ether oxygens (including phenoxy) is 1. The minimum atomic E-state index is 0.157. The minimum Gasteiger partial charge on any atom is -0.487 e. The molecule has 0 heterocycles. The Balaban J connectivity index is 1.97. The number of nitrogens with one attached hydrogen (secondary N) is 1. The Bertz CT molecular complexity index is 407. The van der Waals surface area contributed by atoms with Crippen molar-refractivity contribution in [2.24, 2.45) is 5.92 Å². The highest BCUT2D eigenvalue weighted by atomic mass is 79.9. The quantitative estimate of drug-likeness (QED) is 0.840. The molecular formula is C14H19BrClNO. The lowest BCUT2D eigenvalue weighted by Gasteiger charge is -2.23. The van der Waals surface area contributed by atoms with Gasteiger partial charge in [-0.3, -0.25) is 0 Å². The van der Waals surface area contributed by atoms with Crippen molar-refractivity contribution in [1.82, 2.24) is 5.32 Å². The lowest BCUT2D eigenvalue weighted by molar-refractivity contribution is 0.148. The molecule has 18 heavy (non-hydrogen) atoms. The van der Waals surface area contributed by atoms with Gasteiger partial charge in [0, 0.05) is 17.1 Å². The molecule has 1 unspecified atom stereocenters. The molecule has 0 aromatic heterocycles. The Morgan fingerprint density at radius 2 is 2.17 bits per heavy atom. The molecule has 4 heteroatoms. The molecule has 0 saturated heterocycles. The van der Waals surface area contributed by atoms with E-state index in [1.54, 1.807) is 0 Å². The molecule has 2 rings (SSSR count). The van der Waals surface area contributed by atoms with Crippen LogP contribution in [0.4, 0.5) is 0 Å². The summed E-state index contributed by atoms with van der Waals surface area (Å²) in [5, 5.41) is 4.17. The molecule has 0 spiro atoms. The van der Waals surface area contributed by atoms with Crippen molar-refractivity contribution in [3.8, 4) is 5.75 Å². The largest absolute Gasteiger partial charge is 0.487 e. The molecule has 1 aromatic carbocycles. The normalized spacial score (nSPS) is 16.9. The van der Waals surface area contributed by atoms with Gasteiger partial charge in [-0.2, -0.15) is 0 Å². The van der Waals surface area contributed by atoms with Gasteiger partial charge in [-0.05, 0) is 37.0 Å². The van der Waals surface area contributed by atoms with E-state index in [4.69, 9.17) is 16.3 Å². The molecule has 0 radical (unpaired) electrons. The van der Waals surface area contributed by atoms with Crippen LogP contribution in [-0.4, -0.2) is 18.7 Å². The van der Waals surface area contributed by atoms with E-state index in [9.17, 15) is 0 Å². The second-order valence-electron chi connectivity index (χ2n) is 5.16. The van der Waals surface area contributed by atoms with E-state index >= 15 is 0 Å². The predicted octanol–water partition coefficient (Wildman–Crippen LogP) is 4.26. The third-order valence-electron chi connectivity index (χ3n) is 3.10. The number of hydrogen-bond acceptors (Lipinski definition) is 2. The predicted molar refractivity (Wildman–Crippen MR) is 79.4 cm³/mol. The van der Waals surface area contributed by atoms with Crippen LogP contribution in [0.15, 0.2) is 22.7 Å². The Kier molecular flexibility index (Phi) is 4.93. The van der Waals surface area contributed by atoms with Crippen molar-refractivity contribution in [3.63, 3.8) is 0 Å². The summed E-state index contributed by atoms with van der Waals surface area (Å²) in [5.41, 5.74) is 0. The fourth-order valence-electron chi connectivity index (χ4n) is 1.72. The highest BCUT2D eigenvalue weighted by Crippen LogP contribution is 2.29. The van der Waals surface area contributed by atoms with Crippen LogP contribution in [-0.2, 0) is 0 Å². The van der Waals surface area contributed by atoms with Gasteiger partial charge in [0.15, 0.2) is 0 Å². The average Bonchev–Trinajstić information content (AvgIpc) is 3.10. The van der Waals surface area contributed by atoms with Gasteiger partial charge in [0.1, 0.15) is 11.9 Å². The average molecular weight is 333 g/mol. The third-order valence-corrected chi connectivity index (χ3v) is 3.89. The Morgan fingerprint density at radius 1 is 1.44 bits per heavy atom. The molecule has 0 bridgehead atoms. The second kappa shape index (κ2) is 6.27. The Labute approximate surface area is 122 Å². The second-order valence-corrected chi connectivity index (χ2v) is 6.48. The van der Waals surface area contributed by atoms with Gasteiger partial charge in [0.2, 0.25) is 0 Å². The van der Waals surface area contributed by atoms with Gasteiger partial charge in [0.25, 0.3) is 0 Å². The number of rotatable bonds is 6. The summed E-state index contributed by atoms with van der Waals surface area (Å²) in [6.45, 7) is 5.23. The molecule has 1 fully saturated rings. The molecule has 100 valence electrons. The van der Waals surface area contributed by atoms with Crippen molar-refractivity contribution in [2.45, 2.75) is 38.8 Å². The van der Waals surface area contributed by atoms with Crippen molar-refractivity contribution in [1.29, 1.82) is 0 Å². The first-order valence-electron chi connectivity index (χ1n) is 6.41. The molecule has 0 amide bonds. The number of hydrogen-bond donors (Lipinski definition) is 1. The smallest absolute Gasteiger partial charge is 0.138 e. The zero-order valence-corrected chi connectivity index (χ0v) is 13.1. The van der Waals surface area contributed by atoms with E-state index in [2.05, 4.69) is 35.1 Å². The van der Waals surface area contributed by atoms with Gasteiger partial charge in [0.05, 0.1) is 5.02 Å². The van der Waals surface area contributed by atoms with Gasteiger partial charge < -0.3 is 10.1 Å².